The van der Waals surface area contributed by atoms with E-state index in [1.54, 1.807) is 19.2 Å². The maximum atomic E-state index is 12.9. The summed E-state index contributed by atoms with van der Waals surface area (Å²) in [7, 11) is 1.75. The number of halogens is 1. The molecule has 6 heteroatoms. The van der Waals surface area contributed by atoms with Crippen molar-refractivity contribution in [2.75, 3.05) is 36.5 Å². The zero-order valence-corrected chi connectivity index (χ0v) is 15.9. The summed E-state index contributed by atoms with van der Waals surface area (Å²) in [5, 5.41) is 6.56. The molecular weight excluding hydrogens is 347 g/mol. The molecule has 1 heterocycles. The van der Waals surface area contributed by atoms with Crippen molar-refractivity contribution >= 4 is 23.4 Å². The Bertz CT molecular complexity index is 710. The van der Waals surface area contributed by atoms with Crippen LogP contribution in [0.4, 0.5) is 10.1 Å². The zero-order valence-electron chi connectivity index (χ0n) is 15.0. The summed E-state index contributed by atoms with van der Waals surface area (Å²) in [4.78, 5) is 6.68. The van der Waals surface area contributed by atoms with Gasteiger partial charge in [-0.2, -0.15) is 11.8 Å². The predicted octanol–water partition coefficient (Wildman–Crippen LogP) is 3.24. The quantitative estimate of drug-likeness (QED) is 0.624. The van der Waals surface area contributed by atoms with Crippen LogP contribution in [0.2, 0.25) is 0 Å². The van der Waals surface area contributed by atoms with Crippen LogP contribution in [0.15, 0.2) is 53.5 Å². The molecule has 4 nitrogen and oxygen atoms in total. The fraction of sp³-hybridized carbons (Fsp3) is 0.350. The maximum absolute atomic E-state index is 12.9. The van der Waals surface area contributed by atoms with Crippen LogP contribution in [0.25, 0.3) is 0 Å². The highest BCUT2D eigenvalue weighted by molar-refractivity contribution is 7.99. The second-order valence-corrected chi connectivity index (χ2v) is 7.40. The summed E-state index contributed by atoms with van der Waals surface area (Å²) < 4.78 is 12.9. The van der Waals surface area contributed by atoms with Gasteiger partial charge in [0.2, 0.25) is 0 Å². The Labute approximate surface area is 158 Å². The Balaban J connectivity index is 1.47. The second kappa shape index (κ2) is 9.48. The number of rotatable bonds is 5. The van der Waals surface area contributed by atoms with Crippen molar-refractivity contribution in [3.8, 4) is 0 Å². The van der Waals surface area contributed by atoms with Gasteiger partial charge in [0, 0.05) is 50.4 Å². The molecule has 0 aromatic heterocycles. The molecule has 0 atom stereocenters. The van der Waals surface area contributed by atoms with E-state index in [1.165, 1.54) is 34.9 Å². The number of thioether (sulfide) groups is 1. The lowest BCUT2D eigenvalue weighted by Gasteiger charge is -2.28. The first kappa shape index (κ1) is 18.6. The molecule has 2 aromatic rings. The molecule has 138 valence electrons. The van der Waals surface area contributed by atoms with Crippen LogP contribution >= 0.6 is 11.8 Å². The first-order valence-electron chi connectivity index (χ1n) is 8.85. The SMILES string of the molecule is CN=C(NCc1ccc(F)cc1)NCc1ccc(N2CCSCC2)cc1. The first-order valence-corrected chi connectivity index (χ1v) is 10.0. The van der Waals surface area contributed by atoms with Gasteiger partial charge in [0.25, 0.3) is 0 Å². The van der Waals surface area contributed by atoms with E-state index in [-0.39, 0.29) is 5.82 Å². The minimum atomic E-state index is -0.219. The van der Waals surface area contributed by atoms with E-state index in [4.69, 9.17) is 0 Å². The topological polar surface area (TPSA) is 39.7 Å². The van der Waals surface area contributed by atoms with Crippen LogP contribution in [-0.4, -0.2) is 37.6 Å². The number of nitrogens with one attached hydrogen (secondary N) is 2. The highest BCUT2D eigenvalue weighted by Gasteiger charge is 2.10. The molecule has 0 unspecified atom stereocenters. The number of anilines is 1. The van der Waals surface area contributed by atoms with Crippen molar-refractivity contribution in [1.82, 2.24) is 10.6 Å². The van der Waals surface area contributed by atoms with E-state index in [1.807, 2.05) is 11.8 Å². The number of benzene rings is 2. The van der Waals surface area contributed by atoms with Gasteiger partial charge in [0.15, 0.2) is 5.96 Å². The molecule has 1 fully saturated rings. The average Bonchev–Trinajstić information content (AvgIpc) is 2.70. The molecule has 0 amide bonds. The van der Waals surface area contributed by atoms with Crippen molar-refractivity contribution in [2.45, 2.75) is 13.1 Å². The molecule has 3 rings (SSSR count). The molecule has 0 bridgehead atoms. The minimum Gasteiger partial charge on any atom is -0.370 e. The molecule has 1 aliphatic heterocycles. The first-order chi connectivity index (χ1) is 12.7. The summed E-state index contributed by atoms with van der Waals surface area (Å²) in [5.41, 5.74) is 3.52. The summed E-state index contributed by atoms with van der Waals surface area (Å²) in [6, 6.07) is 15.2. The number of hydrogen-bond acceptors (Lipinski definition) is 3. The molecule has 0 spiro atoms. The lowest BCUT2D eigenvalue weighted by atomic mass is 10.2. The number of guanidine groups is 1. The van der Waals surface area contributed by atoms with Crippen LogP contribution in [0, 0.1) is 5.82 Å². The fourth-order valence-corrected chi connectivity index (χ4v) is 3.74. The van der Waals surface area contributed by atoms with Gasteiger partial charge in [-0.3, -0.25) is 4.99 Å². The maximum Gasteiger partial charge on any atom is 0.191 e. The third kappa shape index (κ3) is 5.39. The Morgan fingerprint density at radius 3 is 2.04 bits per heavy atom. The number of aliphatic imine (C=N–C) groups is 1. The largest absolute Gasteiger partial charge is 0.370 e. The van der Waals surface area contributed by atoms with E-state index >= 15 is 0 Å². The minimum absolute atomic E-state index is 0.219. The molecule has 1 saturated heterocycles. The molecule has 2 N–H and O–H groups in total. The third-order valence-electron chi connectivity index (χ3n) is 4.37. The molecule has 0 radical (unpaired) electrons. The molecule has 0 aliphatic carbocycles. The van der Waals surface area contributed by atoms with E-state index in [2.05, 4.69) is 44.8 Å². The third-order valence-corrected chi connectivity index (χ3v) is 5.31. The van der Waals surface area contributed by atoms with Gasteiger partial charge in [-0.15, -0.1) is 0 Å². The monoisotopic (exact) mass is 372 g/mol. The molecular formula is C20H25FN4S. The summed E-state index contributed by atoms with van der Waals surface area (Å²) in [6.07, 6.45) is 0. The van der Waals surface area contributed by atoms with Crippen molar-refractivity contribution in [2.24, 2.45) is 4.99 Å². The molecule has 2 aromatic carbocycles. The van der Waals surface area contributed by atoms with E-state index < -0.39 is 0 Å². The number of hydrogen-bond donors (Lipinski definition) is 2. The zero-order chi connectivity index (χ0) is 18.2. The van der Waals surface area contributed by atoms with Gasteiger partial charge in [-0.25, -0.2) is 4.39 Å². The Kier molecular flexibility index (Phi) is 6.77. The van der Waals surface area contributed by atoms with Crippen molar-refractivity contribution in [3.05, 3.63) is 65.5 Å². The van der Waals surface area contributed by atoms with E-state index in [9.17, 15) is 4.39 Å². The van der Waals surface area contributed by atoms with E-state index in [0.717, 1.165) is 24.6 Å². The number of nitrogens with zero attached hydrogens (tertiary/aromatic N) is 2. The van der Waals surface area contributed by atoms with Crippen LogP contribution in [0.5, 0.6) is 0 Å². The Morgan fingerprint density at radius 1 is 0.962 bits per heavy atom. The predicted molar refractivity (Wildman–Crippen MR) is 109 cm³/mol. The highest BCUT2D eigenvalue weighted by atomic mass is 32.2. The normalized spacial score (nSPS) is 15.0. The van der Waals surface area contributed by atoms with Crippen LogP contribution < -0.4 is 15.5 Å². The second-order valence-electron chi connectivity index (χ2n) is 6.17. The lowest BCUT2D eigenvalue weighted by molar-refractivity contribution is 0.626. The van der Waals surface area contributed by atoms with Crippen molar-refractivity contribution in [3.63, 3.8) is 0 Å². The molecule has 26 heavy (non-hydrogen) atoms. The van der Waals surface area contributed by atoms with E-state index in [0.29, 0.717) is 13.1 Å². The molecule has 0 saturated carbocycles. The van der Waals surface area contributed by atoms with Crippen LogP contribution in [0.3, 0.4) is 0 Å². The van der Waals surface area contributed by atoms with Gasteiger partial charge >= 0.3 is 0 Å². The van der Waals surface area contributed by atoms with Gasteiger partial charge < -0.3 is 15.5 Å². The lowest BCUT2D eigenvalue weighted by Crippen LogP contribution is -2.36. The van der Waals surface area contributed by atoms with Crippen molar-refractivity contribution < 1.29 is 4.39 Å². The van der Waals surface area contributed by atoms with Gasteiger partial charge in [0.1, 0.15) is 5.82 Å². The van der Waals surface area contributed by atoms with Crippen molar-refractivity contribution in [1.29, 1.82) is 0 Å². The summed E-state index contributed by atoms with van der Waals surface area (Å²) in [6.45, 7) is 3.56. The molecule has 1 aliphatic rings. The van der Waals surface area contributed by atoms with Crippen LogP contribution in [-0.2, 0) is 13.1 Å². The Hall–Kier alpha value is -2.21. The summed E-state index contributed by atoms with van der Waals surface area (Å²) in [5.74, 6) is 2.92. The fourth-order valence-electron chi connectivity index (χ4n) is 2.84. The highest BCUT2D eigenvalue weighted by Crippen LogP contribution is 2.19. The van der Waals surface area contributed by atoms with Gasteiger partial charge in [-0.1, -0.05) is 24.3 Å². The average molecular weight is 373 g/mol. The Morgan fingerprint density at radius 2 is 1.50 bits per heavy atom. The van der Waals surface area contributed by atoms with Crippen LogP contribution in [0.1, 0.15) is 11.1 Å². The van der Waals surface area contributed by atoms with Gasteiger partial charge in [-0.05, 0) is 35.4 Å². The summed E-state index contributed by atoms with van der Waals surface area (Å²) >= 11 is 2.02. The smallest absolute Gasteiger partial charge is 0.191 e. The van der Waals surface area contributed by atoms with Gasteiger partial charge in [0.05, 0.1) is 0 Å². The standard InChI is InChI=1S/C20H25FN4S/c1-22-20(23-14-16-2-6-18(21)7-3-16)24-15-17-4-8-19(9-5-17)25-10-12-26-13-11-25/h2-9H,10-15H2,1H3,(H2,22,23,24).